The lowest BCUT2D eigenvalue weighted by atomic mass is 10.8. The second kappa shape index (κ2) is 4.30. The van der Waals surface area contributed by atoms with Crippen LogP contribution in [0, 0.1) is 0 Å². The predicted molar refractivity (Wildman–Crippen MR) is 30.6 cm³/mol. The van der Waals surface area contributed by atoms with E-state index in [4.69, 9.17) is 16.2 Å². The zero-order valence-electron chi connectivity index (χ0n) is 3.50. The summed E-state index contributed by atoms with van der Waals surface area (Å²) in [5, 5.41) is 0. The van der Waals surface area contributed by atoms with Gasteiger partial charge in [0.25, 0.3) is 0 Å². The smallest absolute Gasteiger partial charge is 0.156 e. The second-order valence-corrected chi connectivity index (χ2v) is 2.08. The first-order valence-corrected chi connectivity index (χ1v) is 3.31. The van der Waals surface area contributed by atoms with E-state index in [1.54, 1.807) is 0 Å². The summed E-state index contributed by atoms with van der Waals surface area (Å²) in [4.78, 5) is 0. The molecule has 0 aromatic heterocycles. The number of hydrogen-bond donors (Lipinski definition) is 1. The molecule has 0 aromatic rings. The molecule has 2 nitrogen and oxygen atoms in total. The van der Waals surface area contributed by atoms with Gasteiger partial charge in [0.05, 0.1) is 5.75 Å². The molecule has 1 N–H and O–H groups in total. The van der Waals surface area contributed by atoms with E-state index in [1.165, 1.54) is 11.6 Å². The fourth-order valence-corrected chi connectivity index (χ4v) is 0.574. The van der Waals surface area contributed by atoms with Crippen LogP contribution >= 0.6 is 11.6 Å². The quantitative estimate of drug-likeness (QED) is 0.581. The van der Waals surface area contributed by atoms with E-state index in [0.717, 1.165) is 0 Å². The third-order valence-corrected chi connectivity index (χ3v) is 0.984. The summed E-state index contributed by atoms with van der Waals surface area (Å²) in [6, 6.07) is 0. The first-order chi connectivity index (χ1) is 3.27. The molecule has 0 bridgehead atoms. The van der Waals surface area contributed by atoms with Crippen molar-refractivity contribution < 1.29 is 8.76 Å². The molecule has 42 valence electrons. The summed E-state index contributed by atoms with van der Waals surface area (Å²) in [5.74, 6) is 0.115. The average Bonchev–Trinajstić information content (AvgIpc) is 1.61. The fourth-order valence-electron chi connectivity index (χ4n) is 0.119. The fraction of sp³-hybridized carbons (Fsp3) is 0.333. The van der Waals surface area contributed by atoms with Gasteiger partial charge < -0.3 is 4.55 Å². The maximum atomic E-state index is 9.76. The van der Waals surface area contributed by atoms with Crippen molar-refractivity contribution in [2.45, 2.75) is 0 Å². The van der Waals surface area contributed by atoms with Crippen LogP contribution in [0.15, 0.2) is 11.6 Å². The largest absolute Gasteiger partial charge is 0.306 e. The van der Waals surface area contributed by atoms with E-state index in [-0.39, 0.29) is 5.75 Å². The van der Waals surface area contributed by atoms with Crippen LogP contribution in [0.25, 0.3) is 0 Å². The van der Waals surface area contributed by atoms with Gasteiger partial charge in [0, 0.05) is 5.54 Å². The van der Waals surface area contributed by atoms with Crippen molar-refractivity contribution >= 4 is 22.7 Å². The van der Waals surface area contributed by atoms with Gasteiger partial charge in [-0.05, 0) is 0 Å². The van der Waals surface area contributed by atoms with E-state index >= 15 is 0 Å². The first-order valence-electron chi connectivity index (χ1n) is 1.60. The standard InChI is InChI=1S/C3H5ClO2S/c4-2-1-3-7(5)6/h1-2H,3H2,(H,5,6). The summed E-state index contributed by atoms with van der Waals surface area (Å²) >= 11 is 3.28. The maximum absolute atomic E-state index is 9.76. The van der Waals surface area contributed by atoms with Crippen molar-refractivity contribution in [3.63, 3.8) is 0 Å². The number of halogens is 1. The summed E-state index contributed by atoms with van der Waals surface area (Å²) in [7, 11) is 0. The second-order valence-electron chi connectivity index (χ2n) is 0.850. The molecule has 0 aliphatic heterocycles. The predicted octanol–water partition coefficient (Wildman–Crippen LogP) is 0.961. The van der Waals surface area contributed by atoms with E-state index in [2.05, 4.69) is 0 Å². The molecule has 1 unspecified atom stereocenters. The molecule has 0 saturated heterocycles. The Bertz CT molecular complexity index is 90.9. The summed E-state index contributed by atoms with van der Waals surface area (Å²) in [5.41, 5.74) is 1.22. The van der Waals surface area contributed by atoms with Crippen LogP contribution in [-0.4, -0.2) is 14.5 Å². The minimum Gasteiger partial charge on any atom is -0.306 e. The van der Waals surface area contributed by atoms with Crippen molar-refractivity contribution in [3.8, 4) is 0 Å². The van der Waals surface area contributed by atoms with Gasteiger partial charge in [-0.2, -0.15) is 0 Å². The Kier molecular flexibility index (Phi) is 4.39. The van der Waals surface area contributed by atoms with Crippen LogP contribution in [0.1, 0.15) is 0 Å². The maximum Gasteiger partial charge on any atom is 0.156 e. The van der Waals surface area contributed by atoms with Gasteiger partial charge in [0.15, 0.2) is 11.1 Å². The van der Waals surface area contributed by atoms with Crippen LogP contribution in [0.4, 0.5) is 0 Å². The molecule has 0 heterocycles. The lowest BCUT2D eigenvalue weighted by Gasteiger charge is -1.78. The van der Waals surface area contributed by atoms with Crippen LogP contribution in [0.5, 0.6) is 0 Å². The van der Waals surface area contributed by atoms with Crippen molar-refractivity contribution in [2.24, 2.45) is 0 Å². The van der Waals surface area contributed by atoms with E-state index in [1.807, 2.05) is 0 Å². The third-order valence-electron chi connectivity index (χ3n) is 0.328. The van der Waals surface area contributed by atoms with Crippen molar-refractivity contribution in [1.29, 1.82) is 0 Å². The highest BCUT2D eigenvalue weighted by Crippen LogP contribution is 1.79. The number of hydrogen-bond acceptors (Lipinski definition) is 1. The molecule has 0 aliphatic carbocycles. The van der Waals surface area contributed by atoms with Gasteiger partial charge in [0.2, 0.25) is 0 Å². The minimum absolute atomic E-state index is 0.115. The Morgan fingerprint density at radius 1 is 1.86 bits per heavy atom. The summed E-state index contributed by atoms with van der Waals surface area (Å²) < 4.78 is 17.8. The van der Waals surface area contributed by atoms with E-state index < -0.39 is 11.1 Å². The first kappa shape index (κ1) is 7.14. The topological polar surface area (TPSA) is 37.3 Å². The highest BCUT2D eigenvalue weighted by molar-refractivity contribution is 7.79. The van der Waals surface area contributed by atoms with Gasteiger partial charge in [-0.15, -0.1) is 0 Å². The molecule has 0 aromatic carbocycles. The molecule has 7 heavy (non-hydrogen) atoms. The molecule has 0 fully saturated rings. The molecule has 4 heteroatoms. The van der Waals surface area contributed by atoms with Gasteiger partial charge >= 0.3 is 0 Å². The molecule has 0 amide bonds. The van der Waals surface area contributed by atoms with E-state index in [9.17, 15) is 4.21 Å². The Labute approximate surface area is 49.5 Å². The Balaban J connectivity index is 3.14. The van der Waals surface area contributed by atoms with Gasteiger partial charge in [-0.25, -0.2) is 4.21 Å². The number of rotatable bonds is 2. The van der Waals surface area contributed by atoms with Gasteiger partial charge in [-0.1, -0.05) is 17.7 Å². The molecule has 0 aliphatic rings. The third kappa shape index (κ3) is 6.14. The van der Waals surface area contributed by atoms with Gasteiger partial charge in [0.1, 0.15) is 0 Å². The van der Waals surface area contributed by atoms with Crippen molar-refractivity contribution in [2.75, 3.05) is 5.75 Å². The highest BCUT2D eigenvalue weighted by Gasteiger charge is 1.81. The monoisotopic (exact) mass is 140 g/mol. The molecular weight excluding hydrogens is 136 g/mol. The van der Waals surface area contributed by atoms with E-state index in [0.29, 0.717) is 0 Å². The SMILES string of the molecule is O=S(O)CC=CCl. The summed E-state index contributed by atoms with van der Waals surface area (Å²) in [6.45, 7) is 0. The molecule has 0 radical (unpaired) electrons. The average molecular weight is 141 g/mol. The lowest BCUT2D eigenvalue weighted by molar-refractivity contribution is 0.567. The highest BCUT2D eigenvalue weighted by atomic mass is 35.5. The minimum atomic E-state index is -1.74. The Morgan fingerprint density at radius 2 is 2.43 bits per heavy atom. The van der Waals surface area contributed by atoms with Crippen molar-refractivity contribution in [3.05, 3.63) is 11.6 Å². The Hall–Kier alpha value is 0.140. The van der Waals surface area contributed by atoms with Gasteiger partial charge in [-0.3, -0.25) is 0 Å². The summed E-state index contributed by atoms with van der Waals surface area (Å²) in [6.07, 6.45) is 1.41. The van der Waals surface area contributed by atoms with Crippen LogP contribution < -0.4 is 0 Å². The zero-order chi connectivity index (χ0) is 5.70. The zero-order valence-corrected chi connectivity index (χ0v) is 5.08. The normalized spacial score (nSPS) is 15.1. The van der Waals surface area contributed by atoms with Crippen LogP contribution in [0.3, 0.4) is 0 Å². The lowest BCUT2D eigenvalue weighted by Crippen LogP contribution is -1.87. The van der Waals surface area contributed by atoms with Crippen LogP contribution in [0.2, 0.25) is 0 Å². The molecule has 1 atom stereocenters. The van der Waals surface area contributed by atoms with Crippen LogP contribution in [-0.2, 0) is 11.1 Å². The molecule has 0 saturated carbocycles. The Morgan fingerprint density at radius 3 is 2.57 bits per heavy atom. The molecule has 0 rings (SSSR count). The molecule has 0 spiro atoms. The molecular formula is C3H5ClO2S. The van der Waals surface area contributed by atoms with Crippen molar-refractivity contribution in [1.82, 2.24) is 0 Å².